The van der Waals surface area contributed by atoms with Crippen LogP contribution in [0.15, 0.2) is 18.5 Å². The molecule has 4 nitrogen and oxygen atoms in total. The quantitative estimate of drug-likeness (QED) is 0.842. The van der Waals surface area contributed by atoms with Gasteiger partial charge in [0.05, 0.1) is 0 Å². The zero-order valence-corrected chi connectivity index (χ0v) is 10.5. The Morgan fingerprint density at radius 3 is 2.75 bits per heavy atom. The number of nitrogens with zero attached hydrogens (tertiary/aromatic N) is 1. The van der Waals surface area contributed by atoms with E-state index in [9.17, 15) is 8.42 Å². The highest BCUT2D eigenvalue weighted by atomic mass is 32.2. The van der Waals surface area contributed by atoms with Gasteiger partial charge in [0.1, 0.15) is 9.84 Å². The van der Waals surface area contributed by atoms with Gasteiger partial charge in [-0.1, -0.05) is 0 Å². The smallest absolute Gasteiger partial charge is 0.147 e. The van der Waals surface area contributed by atoms with E-state index in [-0.39, 0.29) is 11.8 Å². The van der Waals surface area contributed by atoms with Crippen molar-refractivity contribution >= 4 is 9.84 Å². The van der Waals surface area contributed by atoms with Crippen molar-refractivity contribution in [3.05, 3.63) is 29.6 Å². The van der Waals surface area contributed by atoms with Crippen LogP contribution in [-0.4, -0.2) is 25.4 Å². The van der Waals surface area contributed by atoms with E-state index in [2.05, 4.69) is 4.98 Å². The lowest BCUT2D eigenvalue weighted by atomic mass is 10.0. The number of rotatable bonds is 5. The Morgan fingerprint density at radius 2 is 2.19 bits per heavy atom. The summed E-state index contributed by atoms with van der Waals surface area (Å²) in [5.74, 6) is 0.199. The highest BCUT2D eigenvalue weighted by molar-refractivity contribution is 7.90. The van der Waals surface area contributed by atoms with Crippen LogP contribution < -0.4 is 5.73 Å². The van der Waals surface area contributed by atoms with Crippen molar-refractivity contribution in [2.24, 2.45) is 5.73 Å². The Morgan fingerprint density at radius 1 is 1.50 bits per heavy atom. The molecule has 90 valence electrons. The van der Waals surface area contributed by atoms with Gasteiger partial charge in [0.2, 0.25) is 0 Å². The summed E-state index contributed by atoms with van der Waals surface area (Å²) in [6.07, 6.45) is 6.00. The van der Waals surface area contributed by atoms with Gasteiger partial charge >= 0.3 is 0 Å². The Balaban J connectivity index is 2.54. The summed E-state index contributed by atoms with van der Waals surface area (Å²) in [5.41, 5.74) is 8.10. The van der Waals surface area contributed by atoms with Crippen LogP contribution in [0.1, 0.15) is 30.0 Å². The second kappa shape index (κ2) is 5.41. The highest BCUT2D eigenvalue weighted by Gasteiger charge is 2.10. The average molecular weight is 242 g/mol. The maximum Gasteiger partial charge on any atom is 0.147 e. The van der Waals surface area contributed by atoms with Gasteiger partial charge in [-0.15, -0.1) is 0 Å². The molecule has 0 aliphatic heterocycles. The Kier molecular flexibility index (Phi) is 4.44. The summed E-state index contributed by atoms with van der Waals surface area (Å²) < 4.78 is 21.9. The van der Waals surface area contributed by atoms with Gasteiger partial charge in [-0.25, -0.2) is 8.42 Å². The molecule has 1 unspecified atom stereocenters. The van der Waals surface area contributed by atoms with Crippen molar-refractivity contribution in [2.45, 2.75) is 25.8 Å². The molecule has 0 spiro atoms. The van der Waals surface area contributed by atoms with E-state index in [0.717, 1.165) is 11.1 Å². The molecular weight excluding hydrogens is 224 g/mol. The van der Waals surface area contributed by atoms with Crippen LogP contribution in [0.3, 0.4) is 0 Å². The van der Waals surface area contributed by atoms with Crippen LogP contribution >= 0.6 is 0 Å². The zero-order valence-electron chi connectivity index (χ0n) is 9.68. The molecule has 0 amide bonds. The summed E-state index contributed by atoms with van der Waals surface area (Å²) in [7, 11) is -2.88. The fraction of sp³-hybridized carbons (Fsp3) is 0.545. The molecule has 1 rings (SSSR count). The van der Waals surface area contributed by atoms with Crippen molar-refractivity contribution in [3.8, 4) is 0 Å². The van der Waals surface area contributed by atoms with E-state index in [4.69, 9.17) is 5.73 Å². The molecule has 16 heavy (non-hydrogen) atoms. The van der Waals surface area contributed by atoms with Crippen molar-refractivity contribution in [1.29, 1.82) is 0 Å². The monoisotopic (exact) mass is 242 g/mol. The summed E-state index contributed by atoms with van der Waals surface area (Å²) in [6, 6.07) is 1.78. The molecule has 0 aliphatic rings. The Bertz CT molecular complexity index is 443. The minimum atomic E-state index is -2.88. The van der Waals surface area contributed by atoms with Crippen LogP contribution in [0.5, 0.6) is 0 Å². The second-order valence-electron chi connectivity index (χ2n) is 4.11. The molecule has 0 saturated heterocycles. The molecule has 0 saturated carbocycles. The molecule has 0 aromatic carbocycles. The number of hydrogen-bond acceptors (Lipinski definition) is 4. The third kappa shape index (κ3) is 4.28. The number of sulfone groups is 1. The van der Waals surface area contributed by atoms with Crippen LogP contribution in [0.2, 0.25) is 0 Å². The second-order valence-corrected chi connectivity index (χ2v) is 6.37. The summed E-state index contributed by atoms with van der Waals surface area (Å²) in [6.45, 7) is 1.96. The molecule has 2 N–H and O–H groups in total. The Labute approximate surface area is 96.8 Å². The topological polar surface area (TPSA) is 73.0 Å². The van der Waals surface area contributed by atoms with Crippen molar-refractivity contribution in [2.75, 3.05) is 12.0 Å². The minimum absolute atomic E-state index is 0.107. The Hall–Kier alpha value is -0.940. The van der Waals surface area contributed by atoms with Crippen LogP contribution in [0, 0.1) is 6.92 Å². The summed E-state index contributed by atoms with van der Waals surface area (Å²) in [5, 5.41) is 0. The number of aryl methyl sites for hydroxylation is 1. The van der Waals surface area contributed by atoms with Crippen LogP contribution in [0.4, 0.5) is 0 Å². The van der Waals surface area contributed by atoms with Crippen molar-refractivity contribution < 1.29 is 8.42 Å². The molecular formula is C11H18N2O2S. The first-order chi connectivity index (χ1) is 7.40. The number of hydrogen-bond donors (Lipinski definition) is 1. The number of pyridine rings is 1. The molecule has 0 aliphatic carbocycles. The number of aromatic nitrogens is 1. The predicted octanol–water partition coefficient (Wildman–Crippen LogP) is 1.21. The van der Waals surface area contributed by atoms with E-state index in [1.54, 1.807) is 12.4 Å². The van der Waals surface area contributed by atoms with Crippen molar-refractivity contribution in [3.63, 3.8) is 0 Å². The summed E-state index contributed by atoms with van der Waals surface area (Å²) in [4.78, 5) is 4.00. The lowest BCUT2D eigenvalue weighted by Crippen LogP contribution is -2.14. The lowest BCUT2D eigenvalue weighted by molar-refractivity contribution is 0.587. The van der Waals surface area contributed by atoms with Gasteiger partial charge in [-0.3, -0.25) is 4.98 Å². The highest BCUT2D eigenvalue weighted by Crippen LogP contribution is 2.18. The first kappa shape index (κ1) is 13.1. The third-order valence-corrected chi connectivity index (χ3v) is 3.52. The number of nitrogens with two attached hydrogens (primary N) is 1. The van der Waals surface area contributed by atoms with Gasteiger partial charge in [-0.2, -0.15) is 0 Å². The van der Waals surface area contributed by atoms with Crippen LogP contribution in [-0.2, 0) is 9.84 Å². The third-order valence-electron chi connectivity index (χ3n) is 2.49. The van der Waals surface area contributed by atoms with E-state index in [1.165, 1.54) is 6.26 Å². The van der Waals surface area contributed by atoms with Crippen LogP contribution in [0.25, 0.3) is 0 Å². The standard InChI is InChI=1S/C11H18N2O2S/c1-9-8-13-6-5-10(9)11(12)4-3-7-16(2,14)15/h5-6,8,11H,3-4,7,12H2,1-2H3. The predicted molar refractivity (Wildman–Crippen MR) is 64.8 cm³/mol. The largest absolute Gasteiger partial charge is 0.324 e. The first-order valence-corrected chi connectivity index (χ1v) is 7.30. The van der Waals surface area contributed by atoms with Crippen molar-refractivity contribution in [1.82, 2.24) is 4.98 Å². The van der Waals surface area contributed by atoms with E-state index < -0.39 is 9.84 Å². The molecule has 5 heteroatoms. The minimum Gasteiger partial charge on any atom is -0.324 e. The molecule has 0 fully saturated rings. The molecule has 1 atom stereocenters. The molecule has 1 aromatic heterocycles. The van der Waals surface area contributed by atoms with Gasteiger partial charge in [0.15, 0.2) is 0 Å². The fourth-order valence-corrected chi connectivity index (χ4v) is 2.31. The van der Waals surface area contributed by atoms with E-state index >= 15 is 0 Å². The zero-order chi connectivity index (χ0) is 12.2. The molecule has 1 aromatic rings. The van der Waals surface area contributed by atoms with E-state index in [0.29, 0.717) is 12.8 Å². The van der Waals surface area contributed by atoms with Gasteiger partial charge < -0.3 is 5.73 Å². The average Bonchev–Trinajstić information content (AvgIpc) is 2.16. The maximum absolute atomic E-state index is 11.0. The maximum atomic E-state index is 11.0. The molecule has 0 radical (unpaired) electrons. The van der Waals surface area contributed by atoms with E-state index in [1.807, 2.05) is 13.0 Å². The van der Waals surface area contributed by atoms with Gasteiger partial charge in [-0.05, 0) is 37.0 Å². The fourth-order valence-electron chi connectivity index (χ4n) is 1.62. The lowest BCUT2D eigenvalue weighted by Gasteiger charge is -2.13. The molecule has 0 bridgehead atoms. The summed E-state index contributed by atoms with van der Waals surface area (Å²) >= 11 is 0. The normalized spacial score (nSPS) is 13.7. The van der Waals surface area contributed by atoms with Gasteiger partial charge in [0.25, 0.3) is 0 Å². The van der Waals surface area contributed by atoms with Gasteiger partial charge in [0, 0.05) is 30.4 Å². The first-order valence-electron chi connectivity index (χ1n) is 5.24. The SMILES string of the molecule is Cc1cnccc1C(N)CCCS(C)(=O)=O. The molecule has 1 heterocycles.